The van der Waals surface area contributed by atoms with Crippen molar-refractivity contribution in [1.82, 2.24) is 14.5 Å². The first-order valence-corrected chi connectivity index (χ1v) is 10.8. The molecule has 1 fully saturated rings. The molecule has 1 aliphatic heterocycles. The summed E-state index contributed by atoms with van der Waals surface area (Å²) in [6.45, 7) is 11.1. The highest BCUT2D eigenvalue weighted by atomic mass is 32.2. The molecule has 0 aliphatic carbocycles. The van der Waals surface area contributed by atoms with E-state index in [-0.39, 0.29) is 10.8 Å². The summed E-state index contributed by atoms with van der Waals surface area (Å²) >= 11 is 0. The summed E-state index contributed by atoms with van der Waals surface area (Å²) in [4.78, 5) is 14.9. The number of nitrogens with one attached hydrogen (secondary N) is 1. The Balaban J connectivity index is 1.94. The van der Waals surface area contributed by atoms with E-state index >= 15 is 0 Å². The summed E-state index contributed by atoms with van der Waals surface area (Å²) in [6, 6.07) is 7.06. The van der Waals surface area contributed by atoms with Crippen LogP contribution in [-0.2, 0) is 10.0 Å². The summed E-state index contributed by atoms with van der Waals surface area (Å²) in [5, 5.41) is 2.91. The predicted molar refractivity (Wildman–Crippen MR) is 104 cm³/mol. The van der Waals surface area contributed by atoms with Gasteiger partial charge in [-0.25, -0.2) is 8.42 Å². The number of rotatable bonds is 8. The van der Waals surface area contributed by atoms with Crippen LogP contribution >= 0.6 is 0 Å². The summed E-state index contributed by atoms with van der Waals surface area (Å²) in [5.41, 5.74) is 0.478. The third-order valence-corrected chi connectivity index (χ3v) is 6.71. The van der Waals surface area contributed by atoms with E-state index in [9.17, 15) is 13.2 Å². The van der Waals surface area contributed by atoms with Crippen molar-refractivity contribution in [3.63, 3.8) is 0 Å². The molecule has 26 heavy (non-hydrogen) atoms. The van der Waals surface area contributed by atoms with Crippen molar-refractivity contribution in [1.29, 1.82) is 0 Å². The Hall–Kier alpha value is -1.44. The van der Waals surface area contributed by atoms with E-state index in [4.69, 9.17) is 0 Å². The van der Waals surface area contributed by atoms with Crippen molar-refractivity contribution < 1.29 is 13.2 Å². The standard InChI is InChI=1S/C19H31N3O3S/c1-15(2)22(16(3)4)14-11-20-19(23)17-7-9-18(10-8-17)26(24,25)21-12-5-6-13-21/h7-10,15-16H,5-6,11-14H2,1-4H3,(H,20,23). The number of hydrogen-bond donors (Lipinski definition) is 1. The smallest absolute Gasteiger partial charge is 0.251 e. The summed E-state index contributed by atoms with van der Waals surface area (Å²) < 4.78 is 26.5. The minimum Gasteiger partial charge on any atom is -0.351 e. The van der Waals surface area contributed by atoms with E-state index in [1.165, 1.54) is 16.4 Å². The quantitative estimate of drug-likeness (QED) is 0.750. The molecule has 0 spiro atoms. The van der Waals surface area contributed by atoms with Gasteiger partial charge >= 0.3 is 0 Å². The second-order valence-corrected chi connectivity index (χ2v) is 9.25. The fourth-order valence-corrected chi connectivity index (χ4v) is 4.89. The van der Waals surface area contributed by atoms with Crippen LogP contribution in [0, 0.1) is 0 Å². The zero-order chi connectivity index (χ0) is 19.3. The second-order valence-electron chi connectivity index (χ2n) is 7.32. The lowest BCUT2D eigenvalue weighted by Crippen LogP contribution is -2.42. The molecule has 1 amide bonds. The second kappa shape index (κ2) is 8.97. The van der Waals surface area contributed by atoms with Gasteiger partial charge in [0.15, 0.2) is 0 Å². The Labute approximate surface area is 157 Å². The van der Waals surface area contributed by atoms with Crippen molar-refractivity contribution >= 4 is 15.9 Å². The van der Waals surface area contributed by atoms with E-state index in [2.05, 4.69) is 37.9 Å². The summed E-state index contributed by atoms with van der Waals surface area (Å²) in [7, 11) is -3.43. The number of benzene rings is 1. The first-order chi connectivity index (χ1) is 12.2. The monoisotopic (exact) mass is 381 g/mol. The molecule has 0 unspecified atom stereocenters. The van der Waals surface area contributed by atoms with E-state index in [1.807, 2.05) is 0 Å². The van der Waals surface area contributed by atoms with Crippen LogP contribution in [0.3, 0.4) is 0 Å². The lowest BCUT2D eigenvalue weighted by Gasteiger charge is -2.30. The average Bonchev–Trinajstić information content (AvgIpc) is 3.13. The van der Waals surface area contributed by atoms with Gasteiger partial charge in [-0.15, -0.1) is 0 Å². The van der Waals surface area contributed by atoms with E-state index in [1.54, 1.807) is 12.1 Å². The minimum absolute atomic E-state index is 0.178. The lowest BCUT2D eigenvalue weighted by molar-refractivity contribution is 0.0939. The maximum Gasteiger partial charge on any atom is 0.251 e. The molecule has 1 heterocycles. The largest absolute Gasteiger partial charge is 0.351 e. The van der Waals surface area contributed by atoms with Crippen LogP contribution in [0.2, 0.25) is 0 Å². The molecule has 7 heteroatoms. The minimum atomic E-state index is -3.43. The highest BCUT2D eigenvalue weighted by molar-refractivity contribution is 7.89. The summed E-state index contributed by atoms with van der Waals surface area (Å²) in [5.74, 6) is -0.178. The molecule has 1 aliphatic rings. The number of hydrogen-bond acceptors (Lipinski definition) is 4. The molecule has 1 aromatic rings. The van der Waals surface area contributed by atoms with Crippen molar-refractivity contribution in [2.75, 3.05) is 26.2 Å². The zero-order valence-corrected chi connectivity index (χ0v) is 17.1. The first kappa shape index (κ1) is 20.9. The molecule has 0 radical (unpaired) electrons. The number of carbonyl (C=O) groups is 1. The van der Waals surface area contributed by atoms with Crippen LogP contribution in [0.4, 0.5) is 0 Å². The Morgan fingerprint density at radius 3 is 2.12 bits per heavy atom. The fourth-order valence-electron chi connectivity index (χ4n) is 3.37. The van der Waals surface area contributed by atoms with E-state index < -0.39 is 10.0 Å². The molecular formula is C19H31N3O3S. The highest BCUT2D eigenvalue weighted by Gasteiger charge is 2.27. The molecule has 146 valence electrons. The lowest BCUT2D eigenvalue weighted by atomic mass is 10.2. The van der Waals surface area contributed by atoms with Gasteiger partial charge in [0.2, 0.25) is 10.0 Å². The van der Waals surface area contributed by atoms with Crippen LogP contribution in [0.5, 0.6) is 0 Å². The Kier molecular flexibility index (Phi) is 7.20. The van der Waals surface area contributed by atoms with Gasteiger partial charge in [0.05, 0.1) is 4.90 Å². The predicted octanol–water partition coefficient (Wildman–Crippen LogP) is 2.32. The van der Waals surface area contributed by atoms with E-state index in [0.29, 0.717) is 37.3 Å². The van der Waals surface area contributed by atoms with Crippen LogP contribution in [-0.4, -0.2) is 61.8 Å². The molecule has 0 bridgehead atoms. The SMILES string of the molecule is CC(C)N(CCNC(=O)c1ccc(S(=O)(=O)N2CCCC2)cc1)C(C)C. The Morgan fingerprint density at radius 2 is 1.62 bits per heavy atom. The molecule has 0 saturated carbocycles. The maximum absolute atomic E-state index is 12.5. The van der Waals surface area contributed by atoms with Gasteiger partial charge in [-0.3, -0.25) is 9.69 Å². The van der Waals surface area contributed by atoms with Crippen molar-refractivity contribution in [2.24, 2.45) is 0 Å². The Bertz CT molecular complexity index is 685. The molecule has 0 atom stereocenters. The van der Waals surface area contributed by atoms with Gasteiger partial charge in [-0.2, -0.15) is 4.31 Å². The first-order valence-electron chi connectivity index (χ1n) is 9.37. The topological polar surface area (TPSA) is 69.7 Å². The molecule has 0 aromatic heterocycles. The van der Waals surface area contributed by atoms with Gasteiger partial charge in [0.25, 0.3) is 5.91 Å². The van der Waals surface area contributed by atoms with Crippen molar-refractivity contribution in [3.8, 4) is 0 Å². The maximum atomic E-state index is 12.5. The number of nitrogens with zero attached hydrogens (tertiary/aromatic N) is 2. The molecule has 1 aromatic carbocycles. The molecule has 6 nitrogen and oxygen atoms in total. The molecule has 2 rings (SSSR count). The van der Waals surface area contributed by atoms with Gasteiger partial charge < -0.3 is 5.32 Å². The van der Waals surface area contributed by atoms with Gasteiger partial charge in [-0.05, 0) is 64.8 Å². The highest BCUT2D eigenvalue weighted by Crippen LogP contribution is 2.21. The normalized spacial score (nSPS) is 16.0. The van der Waals surface area contributed by atoms with Crippen LogP contribution in [0.25, 0.3) is 0 Å². The number of amides is 1. The van der Waals surface area contributed by atoms with Gasteiger partial charge in [0.1, 0.15) is 0 Å². The summed E-state index contributed by atoms with van der Waals surface area (Å²) in [6.07, 6.45) is 1.81. The third-order valence-electron chi connectivity index (χ3n) is 4.80. The van der Waals surface area contributed by atoms with Crippen LogP contribution in [0.1, 0.15) is 50.9 Å². The molecule has 1 N–H and O–H groups in total. The van der Waals surface area contributed by atoms with Crippen LogP contribution in [0.15, 0.2) is 29.2 Å². The average molecular weight is 382 g/mol. The van der Waals surface area contributed by atoms with Crippen molar-refractivity contribution in [3.05, 3.63) is 29.8 Å². The third kappa shape index (κ3) is 5.05. The molecule has 1 saturated heterocycles. The zero-order valence-electron chi connectivity index (χ0n) is 16.2. The van der Waals surface area contributed by atoms with Crippen LogP contribution < -0.4 is 5.32 Å². The Morgan fingerprint density at radius 1 is 1.08 bits per heavy atom. The molecular weight excluding hydrogens is 350 g/mol. The van der Waals surface area contributed by atoms with Gasteiger partial charge in [0, 0.05) is 43.8 Å². The van der Waals surface area contributed by atoms with Crippen molar-refractivity contribution in [2.45, 2.75) is 57.5 Å². The van der Waals surface area contributed by atoms with E-state index in [0.717, 1.165) is 19.4 Å². The number of sulfonamides is 1. The fraction of sp³-hybridized carbons (Fsp3) is 0.632. The van der Waals surface area contributed by atoms with Gasteiger partial charge in [-0.1, -0.05) is 0 Å². The number of carbonyl (C=O) groups excluding carboxylic acids is 1.